The predicted octanol–water partition coefficient (Wildman–Crippen LogP) is 1.42. The molecule has 0 aliphatic rings. The zero-order valence-electron chi connectivity index (χ0n) is 10.7. The largest absolute Gasteiger partial charge is 0.398 e. The van der Waals surface area contributed by atoms with Crippen molar-refractivity contribution in [3.8, 4) is 6.07 Å². The first kappa shape index (κ1) is 14.5. The van der Waals surface area contributed by atoms with Crippen molar-refractivity contribution < 1.29 is 8.42 Å². The fourth-order valence-electron chi connectivity index (χ4n) is 1.63. The van der Waals surface area contributed by atoms with Gasteiger partial charge in [-0.3, -0.25) is 0 Å². The number of rotatable bonds is 4. The molecule has 18 heavy (non-hydrogen) atoms. The van der Waals surface area contributed by atoms with Crippen LogP contribution in [0.25, 0.3) is 0 Å². The van der Waals surface area contributed by atoms with Crippen molar-refractivity contribution in [2.75, 3.05) is 19.3 Å². The summed E-state index contributed by atoms with van der Waals surface area (Å²) in [6, 6.07) is 6.12. The Balaban J connectivity index is 3.17. The van der Waals surface area contributed by atoms with E-state index in [1.165, 1.54) is 29.6 Å². The van der Waals surface area contributed by atoms with Gasteiger partial charge in [-0.05, 0) is 24.1 Å². The summed E-state index contributed by atoms with van der Waals surface area (Å²) in [6.45, 7) is 4.30. The average molecular weight is 267 g/mol. The molecule has 6 heteroatoms. The highest BCUT2D eigenvalue weighted by molar-refractivity contribution is 7.89. The van der Waals surface area contributed by atoms with Gasteiger partial charge in [0.05, 0.1) is 17.3 Å². The van der Waals surface area contributed by atoms with E-state index in [1.54, 1.807) is 0 Å². The molecule has 2 N–H and O–H groups in total. The van der Waals surface area contributed by atoms with Crippen molar-refractivity contribution >= 4 is 15.7 Å². The zero-order valence-corrected chi connectivity index (χ0v) is 11.5. The van der Waals surface area contributed by atoms with E-state index in [9.17, 15) is 8.42 Å². The molecule has 1 aromatic carbocycles. The lowest BCUT2D eigenvalue weighted by Gasteiger charge is -2.20. The number of nitrogen functional groups attached to an aromatic ring is 1. The third-order valence-corrected chi connectivity index (χ3v) is 4.35. The van der Waals surface area contributed by atoms with Crippen molar-refractivity contribution in [1.29, 1.82) is 5.26 Å². The van der Waals surface area contributed by atoms with Crippen LogP contribution in [0.4, 0.5) is 5.69 Å². The molecule has 0 saturated heterocycles. The van der Waals surface area contributed by atoms with Gasteiger partial charge in [-0.2, -0.15) is 5.26 Å². The van der Waals surface area contributed by atoms with Crippen LogP contribution in [0.15, 0.2) is 23.1 Å². The number of anilines is 1. The summed E-state index contributed by atoms with van der Waals surface area (Å²) in [5.41, 5.74) is 6.14. The lowest BCUT2D eigenvalue weighted by atomic mass is 10.2. The number of nitriles is 1. The molecule has 0 heterocycles. The SMILES string of the molecule is CC(C)CN(C)S(=O)(=O)c1ccc(C#N)cc1N. The van der Waals surface area contributed by atoms with Crippen LogP contribution in [-0.4, -0.2) is 26.3 Å². The molecule has 98 valence electrons. The lowest BCUT2D eigenvalue weighted by Crippen LogP contribution is -2.30. The molecule has 0 aliphatic carbocycles. The second kappa shape index (κ2) is 5.38. The normalized spacial score (nSPS) is 11.8. The Labute approximate surface area is 108 Å². The summed E-state index contributed by atoms with van der Waals surface area (Å²) < 4.78 is 25.8. The number of sulfonamides is 1. The number of hydrogen-bond donors (Lipinski definition) is 1. The van der Waals surface area contributed by atoms with E-state index in [-0.39, 0.29) is 16.5 Å². The van der Waals surface area contributed by atoms with Crippen LogP contribution < -0.4 is 5.73 Å². The van der Waals surface area contributed by atoms with Gasteiger partial charge in [0.25, 0.3) is 0 Å². The molecular weight excluding hydrogens is 250 g/mol. The van der Waals surface area contributed by atoms with Gasteiger partial charge in [0, 0.05) is 13.6 Å². The van der Waals surface area contributed by atoms with E-state index >= 15 is 0 Å². The number of benzene rings is 1. The van der Waals surface area contributed by atoms with E-state index < -0.39 is 10.0 Å². The summed E-state index contributed by atoms with van der Waals surface area (Å²) in [6.07, 6.45) is 0. The van der Waals surface area contributed by atoms with Crippen molar-refractivity contribution in [2.24, 2.45) is 5.92 Å². The topological polar surface area (TPSA) is 87.2 Å². The maximum atomic E-state index is 12.3. The maximum Gasteiger partial charge on any atom is 0.244 e. The minimum atomic E-state index is -3.59. The molecule has 0 atom stereocenters. The highest BCUT2D eigenvalue weighted by Crippen LogP contribution is 2.23. The van der Waals surface area contributed by atoms with E-state index in [2.05, 4.69) is 0 Å². The predicted molar refractivity (Wildman–Crippen MR) is 70.2 cm³/mol. The number of hydrogen-bond acceptors (Lipinski definition) is 4. The summed E-state index contributed by atoms with van der Waals surface area (Å²) in [4.78, 5) is 0.0460. The van der Waals surface area contributed by atoms with Gasteiger partial charge >= 0.3 is 0 Å². The van der Waals surface area contributed by atoms with Crippen LogP contribution in [0, 0.1) is 17.2 Å². The second-order valence-electron chi connectivity index (χ2n) is 4.54. The first-order valence-electron chi connectivity index (χ1n) is 5.55. The monoisotopic (exact) mass is 267 g/mol. The Morgan fingerprint density at radius 3 is 2.50 bits per heavy atom. The number of nitrogens with zero attached hydrogens (tertiary/aromatic N) is 2. The van der Waals surface area contributed by atoms with Gasteiger partial charge < -0.3 is 5.73 Å². The quantitative estimate of drug-likeness (QED) is 0.836. The van der Waals surface area contributed by atoms with Gasteiger partial charge in [0.15, 0.2) is 0 Å². The Bertz CT molecular complexity index is 573. The fourth-order valence-corrected chi connectivity index (χ4v) is 3.06. The lowest BCUT2D eigenvalue weighted by molar-refractivity contribution is 0.417. The Morgan fingerprint density at radius 2 is 2.06 bits per heavy atom. The van der Waals surface area contributed by atoms with Crippen LogP contribution in [0.5, 0.6) is 0 Å². The van der Waals surface area contributed by atoms with Gasteiger partial charge in [0.2, 0.25) is 10.0 Å². The van der Waals surface area contributed by atoms with E-state index in [0.717, 1.165) is 0 Å². The molecular formula is C12H17N3O2S. The Morgan fingerprint density at radius 1 is 1.44 bits per heavy atom. The van der Waals surface area contributed by atoms with Crippen LogP contribution in [-0.2, 0) is 10.0 Å². The smallest absolute Gasteiger partial charge is 0.244 e. The Hall–Kier alpha value is -1.58. The van der Waals surface area contributed by atoms with E-state index in [4.69, 9.17) is 11.0 Å². The van der Waals surface area contributed by atoms with Gasteiger partial charge in [-0.15, -0.1) is 0 Å². The van der Waals surface area contributed by atoms with Crippen LogP contribution in [0.2, 0.25) is 0 Å². The first-order chi connectivity index (χ1) is 8.28. The van der Waals surface area contributed by atoms with Crippen LogP contribution in [0.1, 0.15) is 19.4 Å². The molecule has 1 rings (SSSR count). The van der Waals surface area contributed by atoms with Crippen molar-refractivity contribution in [3.63, 3.8) is 0 Å². The summed E-state index contributed by atoms with van der Waals surface area (Å²) in [5, 5.41) is 8.72. The van der Waals surface area contributed by atoms with Crippen LogP contribution in [0.3, 0.4) is 0 Å². The molecule has 0 aromatic heterocycles. The second-order valence-corrected chi connectivity index (χ2v) is 6.56. The van der Waals surface area contributed by atoms with Crippen molar-refractivity contribution in [2.45, 2.75) is 18.7 Å². The zero-order chi connectivity index (χ0) is 13.9. The minimum absolute atomic E-state index is 0.0460. The minimum Gasteiger partial charge on any atom is -0.398 e. The maximum absolute atomic E-state index is 12.3. The van der Waals surface area contributed by atoms with Gasteiger partial charge in [0.1, 0.15) is 4.90 Å². The summed E-state index contributed by atoms with van der Waals surface area (Å²) >= 11 is 0. The van der Waals surface area contributed by atoms with Crippen molar-refractivity contribution in [3.05, 3.63) is 23.8 Å². The third-order valence-electron chi connectivity index (χ3n) is 2.45. The molecule has 0 aliphatic heterocycles. The molecule has 0 spiro atoms. The van der Waals surface area contributed by atoms with Crippen molar-refractivity contribution in [1.82, 2.24) is 4.31 Å². The Kier molecular flexibility index (Phi) is 4.33. The molecule has 1 aromatic rings. The summed E-state index contributed by atoms with van der Waals surface area (Å²) in [5.74, 6) is 0.226. The van der Waals surface area contributed by atoms with Gasteiger partial charge in [-0.1, -0.05) is 13.8 Å². The first-order valence-corrected chi connectivity index (χ1v) is 6.99. The highest BCUT2D eigenvalue weighted by atomic mass is 32.2. The molecule has 0 fully saturated rings. The molecule has 5 nitrogen and oxygen atoms in total. The fraction of sp³-hybridized carbons (Fsp3) is 0.417. The third kappa shape index (κ3) is 3.00. The summed E-state index contributed by atoms with van der Waals surface area (Å²) in [7, 11) is -2.07. The van der Waals surface area contributed by atoms with Crippen LogP contribution >= 0.6 is 0 Å². The van der Waals surface area contributed by atoms with E-state index in [0.29, 0.717) is 12.1 Å². The molecule has 0 unspecified atom stereocenters. The standard InChI is InChI=1S/C12H17N3O2S/c1-9(2)8-15(3)18(16,17)12-5-4-10(7-13)6-11(12)14/h4-6,9H,8,14H2,1-3H3. The van der Waals surface area contributed by atoms with E-state index in [1.807, 2.05) is 19.9 Å². The molecule has 0 radical (unpaired) electrons. The molecule has 0 bridgehead atoms. The average Bonchev–Trinajstić information content (AvgIpc) is 2.27. The molecule has 0 amide bonds. The van der Waals surface area contributed by atoms with Gasteiger partial charge in [-0.25, -0.2) is 12.7 Å². The highest BCUT2D eigenvalue weighted by Gasteiger charge is 2.23. The number of nitrogens with two attached hydrogens (primary N) is 1. The molecule has 0 saturated carbocycles.